The third-order valence-corrected chi connectivity index (χ3v) is 1.87. The van der Waals surface area contributed by atoms with Crippen LogP contribution in [0.1, 0.15) is 0 Å². The van der Waals surface area contributed by atoms with Crippen LogP contribution in [0, 0.1) is 0 Å². The van der Waals surface area contributed by atoms with E-state index in [9.17, 15) is 8.78 Å². The average Bonchev–Trinajstić information content (AvgIpc) is 2.07. The van der Waals surface area contributed by atoms with E-state index < -0.39 is 37.1 Å². The first-order valence-corrected chi connectivity index (χ1v) is 3.61. The van der Waals surface area contributed by atoms with Gasteiger partial charge in [0.1, 0.15) is 24.4 Å². The SMILES string of the molecule is O[C@@H]1[C@@H](O)[C@@H](O)O[C@H](C(F)F)[C@H]1O. The summed E-state index contributed by atoms with van der Waals surface area (Å²) in [5.74, 6) is 0. The summed E-state index contributed by atoms with van der Waals surface area (Å²) < 4.78 is 28.3. The Bertz CT molecular complexity index is 178. The lowest BCUT2D eigenvalue weighted by atomic mass is 9.99. The van der Waals surface area contributed by atoms with Crippen LogP contribution in [0.5, 0.6) is 0 Å². The van der Waals surface area contributed by atoms with Gasteiger partial charge in [0.25, 0.3) is 6.43 Å². The zero-order valence-corrected chi connectivity index (χ0v) is 6.42. The standard InChI is InChI=1S/C6H10F2O5/c7-5(8)4-2(10)1(9)3(11)6(12)13-4/h1-6,9-12H/t1-,2-,3+,4-,6-/m0/s1. The van der Waals surface area contributed by atoms with E-state index in [0.29, 0.717) is 0 Å². The molecule has 0 aromatic carbocycles. The van der Waals surface area contributed by atoms with E-state index in [1.165, 1.54) is 0 Å². The highest BCUT2D eigenvalue weighted by Crippen LogP contribution is 2.23. The van der Waals surface area contributed by atoms with Gasteiger partial charge >= 0.3 is 0 Å². The molecule has 1 saturated heterocycles. The van der Waals surface area contributed by atoms with Crippen LogP contribution in [0.3, 0.4) is 0 Å². The molecule has 78 valence electrons. The maximum atomic E-state index is 12.1. The molecule has 0 aliphatic carbocycles. The molecule has 0 aromatic rings. The smallest absolute Gasteiger partial charge is 0.267 e. The average molecular weight is 200 g/mol. The Balaban J connectivity index is 2.70. The molecule has 0 aromatic heterocycles. The first-order valence-electron chi connectivity index (χ1n) is 3.61. The van der Waals surface area contributed by atoms with Crippen molar-refractivity contribution < 1.29 is 33.9 Å². The maximum absolute atomic E-state index is 12.1. The molecule has 0 radical (unpaired) electrons. The van der Waals surface area contributed by atoms with Gasteiger partial charge in [-0.3, -0.25) is 0 Å². The fourth-order valence-corrected chi connectivity index (χ4v) is 1.10. The van der Waals surface area contributed by atoms with Crippen LogP contribution >= 0.6 is 0 Å². The molecule has 0 amide bonds. The Hall–Kier alpha value is -0.340. The van der Waals surface area contributed by atoms with Crippen LogP contribution in [-0.2, 0) is 4.74 Å². The summed E-state index contributed by atoms with van der Waals surface area (Å²) in [5.41, 5.74) is 0. The fourth-order valence-electron chi connectivity index (χ4n) is 1.10. The lowest BCUT2D eigenvalue weighted by molar-refractivity contribution is -0.300. The molecular formula is C6H10F2O5. The van der Waals surface area contributed by atoms with E-state index in [0.717, 1.165) is 0 Å². The molecule has 0 spiro atoms. The predicted octanol–water partition coefficient (Wildman–Crippen LogP) is -1.95. The van der Waals surface area contributed by atoms with E-state index in [-0.39, 0.29) is 0 Å². The molecule has 1 aliphatic heterocycles. The Kier molecular flexibility index (Phi) is 3.14. The van der Waals surface area contributed by atoms with Crippen molar-refractivity contribution in [3.05, 3.63) is 0 Å². The zero-order valence-electron chi connectivity index (χ0n) is 6.42. The summed E-state index contributed by atoms with van der Waals surface area (Å²) in [7, 11) is 0. The van der Waals surface area contributed by atoms with E-state index in [1.54, 1.807) is 0 Å². The highest BCUT2D eigenvalue weighted by molar-refractivity contribution is 4.89. The van der Waals surface area contributed by atoms with Gasteiger partial charge in [-0.25, -0.2) is 8.78 Å². The molecule has 0 bridgehead atoms. The highest BCUT2D eigenvalue weighted by Gasteiger charge is 2.46. The van der Waals surface area contributed by atoms with Crippen LogP contribution in [0.25, 0.3) is 0 Å². The molecule has 4 N–H and O–H groups in total. The number of rotatable bonds is 1. The van der Waals surface area contributed by atoms with Crippen molar-refractivity contribution in [1.29, 1.82) is 0 Å². The number of aliphatic hydroxyl groups excluding tert-OH is 4. The summed E-state index contributed by atoms with van der Waals surface area (Å²) in [6.07, 6.45) is -12.4. The van der Waals surface area contributed by atoms with Gasteiger partial charge in [0.15, 0.2) is 6.29 Å². The molecular weight excluding hydrogens is 190 g/mol. The molecule has 5 atom stereocenters. The topological polar surface area (TPSA) is 90.2 Å². The number of ether oxygens (including phenoxy) is 1. The predicted molar refractivity (Wildman–Crippen MR) is 34.9 cm³/mol. The van der Waals surface area contributed by atoms with Crippen LogP contribution < -0.4 is 0 Å². The normalized spacial score (nSPS) is 46.8. The van der Waals surface area contributed by atoms with Gasteiger partial charge in [-0.2, -0.15) is 0 Å². The van der Waals surface area contributed by atoms with Crippen LogP contribution in [0.15, 0.2) is 0 Å². The van der Waals surface area contributed by atoms with Crippen molar-refractivity contribution in [2.45, 2.75) is 37.1 Å². The van der Waals surface area contributed by atoms with Crippen molar-refractivity contribution in [1.82, 2.24) is 0 Å². The number of aliphatic hydroxyl groups is 4. The van der Waals surface area contributed by atoms with Crippen molar-refractivity contribution in [2.75, 3.05) is 0 Å². The van der Waals surface area contributed by atoms with Gasteiger partial charge in [-0.15, -0.1) is 0 Å². The molecule has 5 nitrogen and oxygen atoms in total. The van der Waals surface area contributed by atoms with Crippen molar-refractivity contribution in [2.24, 2.45) is 0 Å². The zero-order chi connectivity index (χ0) is 10.2. The maximum Gasteiger partial charge on any atom is 0.267 e. The number of hydrogen-bond acceptors (Lipinski definition) is 5. The van der Waals surface area contributed by atoms with Crippen molar-refractivity contribution in [3.8, 4) is 0 Å². The number of alkyl halides is 2. The minimum atomic E-state index is -3.04. The van der Waals surface area contributed by atoms with Gasteiger partial charge in [-0.1, -0.05) is 0 Å². The van der Waals surface area contributed by atoms with Gasteiger partial charge < -0.3 is 25.2 Å². The Morgan fingerprint density at radius 1 is 0.923 bits per heavy atom. The minimum absolute atomic E-state index is 1.77. The molecule has 7 heteroatoms. The van der Waals surface area contributed by atoms with Crippen molar-refractivity contribution >= 4 is 0 Å². The summed E-state index contributed by atoms with van der Waals surface area (Å²) in [4.78, 5) is 0. The third-order valence-electron chi connectivity index (χ3n) is 1.87. The molecule has 1 fully saturated rings. The van der Waals surface area contributed by atoms with Crippen molar-refractivity contribution in [3.63, 3.8) is 0 Å². The summed E-state index contributed by atoms with van der Waals surface area (Å²) >= 11 is 0. The Morgan fingerprint density at radius 2 is 1.46 bits per heavy atom. The summed E-state index contributed by atoms with van der Waals surface area (Å²) in [6.45, 7) is 0. The second-order valence-electron chi connectivity index (χ2n) is 2.80. The van der Waals surface area contributed by atoms with E-state index in [4.69, 9.17) is 20.4 Å². The minimum Gasteiger partial charge on any atom is -0.387 e. The lowest BCUT2D eigenvalue weighted by Crippen LogP contribution is -2.59. The van der Waals surface area contributed by atoms with Gasteiger partial charge in [0.05, 0.1) is 0 Å². The Morgan fingerprint density at radius 3 is 1.92 bits per heavy atom. The summed E-state index contributed by atoms with van der Waals surface area (Å²) in [5, 5.41) is 35.6. The highest BCUT2D eigenvalue weighted by atomic mass is 19.3. The van der Waals surface area contributed by atoms with Crippen LogP contribution in [0.2, 0.25) is 0 Å². The molecule has 1 aliphatic rings. The van der Waals surface area contributed by atoms with Gasteiger partial charge in [0, 0.05) is 0 Å². The van der Waals surface area contributed by atoms with Gasteiger partial charge in [0.2, 0.25) is 0 Å². The van der Waals surface area contributed by atoms with Crippen LogP contribution in [-0.4, -0.2) is 57.6 Å². The monoisotopic (exact) mass is 200 g/mol. The van der Waals surface area contributed by atoms with E-state index in [1.807, 2.05) is 0 Å². The lowest BCUT2D eigenvalue weighted by Gasteiger charge is -2.37. The largest absolute Gasteiger partial charge is 0.387 e. The first-order chi connectivity index (χ1) is 5.95. The molecule has 0 unspecified atom stereocenters. The number of halogens is 2. The second-order valence-corrected chi connectivity index (χ2v) is 2.80. The van der Waals surface area contributed by atoms with Gasteiger partial charge in [-0.05, 0) is 0 Å². The summed E-state index contributed by atoms with van der Waals surface area (Å²) in [6, 6.07) is 0. The van der Waals surface area contributed by atoms with Crippen LogP contribution in [0.4, 0.5) is 8.78 Å². The first kappa shape index (κ1) is 10.7. The van der Waals surface area contributed by atoms with E-state index >= 15 is 0 Å². The fraction of sp³-hybridized carbons (Fsp3) is 1.00. The number of hydrogen-bond donors (Lipinski definition) is 4. The van der Waals surface area contributed by atoms with E-state index in [2.05, 4.69) is 4.74 Å². The molecule has 13 heavy (non-hydrogen) atoms. The third kappa shape index (κ3) is 1.94. The second kappa shape index (κ2) is 3.81. The molecule has 1 heterocycles. The molecule has 1 rings (SSSR count). The Labute approximate surface area is 72.2 Å². The molecule has 0 saturated carbocycles. The quantitative estimate of drug-likeness (QED) is 0.395.